The lowest BCUT2D eigenvalue weighted by atomic mass is 9.99. The summed E-state index contributed by atoms with van der Waals surface area (Å²) in [6, 6.07) is 1.89. The van der Waals surface area contributed by atoms with Gasteiger partial charge in [0.25, 0.3) is 0 Å². The summed E-state index contributed by atoms with van der Waals surface area (Å²) in [6.45, 7) is 0.575. The molecule has 1 aliphatic carbocycles. The second kappa shape index (κ2) is 6.26. The fourth-order valence-corrected chi connectivity index (χ4v) is 2.75. The van der Waals surface area contributed by atoms with E-state index in [1.807, 2.05) is 6.07 Å². The second-order valence-corrected chi connectivity index (χ2v) is 5.17. The number of ether oxygens (including phenoxy) is 1. The SMILES string of the molecule is COCc1cc(=S)nc(C2CCCCCC2)[nH]1. The van der Waals surface area contributed by atoms with Crippen LogP contribution in [0.15, 0.2) is 6.07 Å². The zero-order valence-corrected chi connectivity index (χ0v) is 11.2. The first-order valence-corrected chi connectivity index (χ1v) is 6.79. The van der Waals surface area contributed by atoms with E-state index in [-0.39, 0.29) is 0 Å². The second-order valence-electron chi connectivity index (χ2n) is 4.75. The van der Waals surface area contributed by atoms with Crippen molar-refractivity contribution in [2.24, 2.45) is 0 Å². The molecule has 1 N–H and O–H groups in total. The number of aromatic amines is 1. The van der Waals surface area contributed by atoms with Gasteiger partial charge in [-0.25, -0.2) is 4.98 Å². The van der Waals surface area contributed by atoms with Crippen LogP contribution in [0.2, 0.25) is 0 Å². The van der Waals surface area contributed by atoms with Crippen LogP contribution in [0.3, 0.4) is 0 Å². The van der Waals surface area contributed by atoms with Crippen molar-refractivity contribution in [3.8, 4) is 0 Å². The standard InChI is InChI=1S/C13H20N2OS/c1-16-9-11-8-12(17)15-13(14-11)10-6-4-2-3-5-7-10/h8,10H,2-7,9H2,1H3,(H,14,15,17). The number of nitrogens with zero attached hydrogens (tertiary/aromatic N) is 1. The molecule has 0 unspecified atom stereocenters. The largest absolute Gasteiger partial charge is 0.378 e. The molecule has 0 atom stereocenters. The van der Waals surface area contributed by atoms with Gasteiger partial charge in [-0.1, -0.05) is 37.9 Å². The van der Waals surface area contributed by atoms with E-state index in [0.29, 0.717) is 17.2 Å². The Balaban J connectivity index is 2.20. The molecule has 0 radical (unpaired) electrons. The first-order chi connectivity index (χ1) is 8.29. The van der Waals surface area contributed by atoms with E-state index < -0.39 is 0 Å². The summed E-state index contributed by atoms with van der Waals surface area (Å²) in [5.74, 6) is 1.61. The molecule has 3 nitrogen and oxygen atoms in total. The first-order valence-electron chi connectivity index (χ1n) is 6.38. The number of methoxy groups -OCH3 is 1. The van der Waals surface area contributed by atoms with Gasteiger partial charge >= 0.3 is 0 Å². The molecule has 1 fully saturated rings. The summed E-state index contributed by atoms with van der Waals surface area (Å²) in [5, 5.41) is 0. The number of hydrogen-bond acceptors (Lipinski definition) is 3. The average Bonchev–Trinajstić information content (AvgIpc) is 2.57. The fourth-order valence-electron chi connectivity index (χ4n) is 2.51. The summed E-state index contributed by atoms with van der Waals surface area (Å²) < 4.78 is 5.82. The van der Waals surface area contributed by atoms with Gasteiger partial charge in [0, 0.05) is 18.7 Å². The van der Waals surface area contributed by atoms with Crippen LogP contribution in [-0.2, 0) is 11.3 Å². The van der Waals surface area contributed by atoms with Crippen molar-refractivity contribution < 1.29 is 4.74 Å². The Morgan fingerprint density at radius 3 is 2.71 bits per heavy atom. The molecule has 0 aromatic carbocycles. The van der Waals surface area contributed by atoms with Crippen molar-refractivity contribution >= 4 is 12.2 Å². The van der Waals surface area contributed by atoms with Crippen LogP contribution in [0.4, 0.5) is 0 Å². The quantitative estimate of drug-likeness (QED) is 0.658. The van der Waals surface area contributed by atoms with E-state index in [9.17, 15) is 0 Å². The summed E-state index contributed by atoms with van der Waals surface area (Å²) >= 11 is 5.22. The Morgan fingerprint density at radius 2 is 2.06 bits per heavy atom. The average molecular weight is 252 g/mol. The van der Waals surface area contributed by atoms with Crippen LogP contribution in [0.1, 0.15) is 56.0 Å². The van der Waals surface area contributed by atoms with Gasteiger partial charge in [-0.3, -0.25) is 0 Å². The molecule has 4 heteroatoms. The van der Waals surface area contributed by atoms with Gasteiger partial charge in [0.1, 0.15) is 10.5 Å². The van der Waals surface area contributed by atoms with Gasteiger partial charge in [-0.15, -0.1) is 0 Å². The van der Waals surface area contributed by atoms with Crippen molar-refractivity contribution in [1.29, 1.82) is 0 Å². The third-order valence-corrected chi connectivity index (χ3v) is 3.57. The third kappa shape index (κ3) is 3.61. The summed E-state index contributed by atoms with van der Waals surface area (Å²) in [7, 11) is 1.70. The maximum atomic E-state index is 5.22. The number of hydrogen-bond donors (Lipinski definition) is 1. The molecule has 0 aliphatic heterocycles. The lowest BCUT2D eigenvalue weighted by Crippen LogP contribution is -2.06. The Morgan fingerprint density at radius 1 is 1.35 bits per heavy atom. The lowest BCUT2D eigenvalue weighted by molar-refractivity contribution is 0.181. The van der Waals surface area contributed by atoms with E-state index >= 15 is 0 Å². The summed E-state index contributed by atoms with van der Waals surface area (Å²) in [5.41, 5.74) is 1.03. The predicted octanol–water partition coefficient (Wildman–Crippen LogP) is 3.72. The molecule has 1 aromatic heterocycles. The maximum Gasteiger partial charge on any atom is 0.130 e. The molecule has 1 heterocycles. The zero-order valence-electron chi connectivity index (χ0n) is 10.4. The highest BCUT2D eigenvalue weighted by atomic mass is 32.1. The zero-order chi connectivity index (χ0) is 12.1. The molecule has 0 bridgehead atoms. The smallest absolute Gasteiger partial charge is 0.130 e. The minimum atomic E-state index is 0.552. The van der Waals surface area contributed by atoms with E-state index in [4.69, 9.17) is 17.0 Å². The van der Waals surface area contributed by atoms with Crippen LogP contribution in [0.25, 0.3) is 0 Å². The fraction of sp³-hybridized carbons (Fsp3) is 0.692. The number of nitrogens with one attached hydrogen (secondary N) is 1. The molecule has 17 heavy (non-hydrogen) atoms. The highest BCUT2D eigenvalue weighted by molar-refractivity contribution is 7.71. The van der Waals surface area contributed by atoms with Crippen LogP contribution >= 0.6 is 12.2 Å². The van der Waals surface area contributed by atoms with E-state index in [0.717, 1.165) is 11.5 Å². The number of rotatable bonds is 3. The van der Waals surface area contributed by atoms with Crippen molar-refractivity contribution in [2.45, 2.75) is 51.0 Å². The molecule has 0 spiro atoms. The van der Waals surface area contributed by atoms with Gasteiger partial charge in [-0.2, -0.15) is 0 Å². The molecule has 0 saturated heterocycles. The molecular formula is C13H20N2OS. The van der Waals surface area contributed by atoms with Gasteiger partial charge in [-0.05, 0) is 18.9 Å². The molecule has 94 valence electrons. The van der Waals surface area contributed by atoms with Crippen LogP contribution in [0.5, 0.6) is 0 Å². The predicted molar refractivity (Wildman–Crippen MR) is 70.6 cm³/mol. The van der Waals surface area contributed by atoms with Crippen molar-refractivity contribution in [1.82, 2.24) is 9.97 Å². The topological polar surface area (TPSA) is 37.9 Å². The molecule has 0 amide bonds. The molecular weight excluding hydrogens is 232 g/mol. The van der Waals surface area contributed by atoms with Crippen molar-refractivity contribution in [3.05, 3.63) is 22.2 Å². The minimum Gasteiger partial charge on any atom is -0.378 e. The van der Waals surface area contributed by atoms with Crippen LogP contribution in [-0.4, -0.2) is 17.1 Å². The Kier molecular flexibility index (Phi) is 4.68. The number of aromatic nitrogens is 2. The van der Waals surface area contributed by atoms with Gasteiger partial charge < -0.3 is 9.72 Å². The summed E-state index contributed by atoms with van der Waals surface area (Å²) in [6.07, 6.45) is 7.79. The monoisotopic (exact) mass is 252 g/mol. The van der Waals surface area contributed by atoms with Gasteiger partial charge in [0.15, 0.2) is 0 Å². The van der Waals surface area contributed by atoms with Crippen LogP contribution < -0.4 is 0 Å². The number of H-pyrrole nitrogens is 1. The first kappa shape index (κ1) is 12.7. The lowest BCUT2D eigenvalue weighted by Gasteiger charge is -2.14. The molecule has 1 aromatic rings. The molecule has 1 aliphatic rings. The van der Waals surface area contributed by atoms with E-state index in [2.05, 4.69) is 9.97 Å². The van der Waals surface area contributed by atoms with Crippen molar-refractivity contribution in [3.63, 3.8) is 0 Å². The third-order valence-electron chi connectivity index (χ3n) is 3.36. The highest BCUT2D eigenvalue weighted by Gasteiger charge is 2.16. The Hall–Kier alpha value is -0.740. The maximum absolute atomic E-state index is 5.22. The highest BCUT2D eigenvalue weighted by Crippen LogP contribution is 2.29. The van der Waals surface area contributed by atoms with E-state index in [1.54, 1.807) is 7.11 Å². The van der Waals surface area contributed by atoms with Gasteiger partial charge in [0.05, 0.1) is 6.61 Å². The van der Waals surface area contributed by atoms with Gasteiger partial charge in [0.2, 0.25) is 0 Å². The molecule has 2 rings (SSSR count). The van der Waals surface area contributed by atoms with Crippen LogP contribution in [0, 0.1) is 4.64 Å². The Labute approximate surface area is 108 Å². The minimum absolute atomic E-state index is 0.552. The Bertz CT molecular complexity index is 408. The molecule has 1 saturated carbocycles. The normalized spacial score (nSPS) is 17.9. The summed E-state index contributed by atoms with van der Waals surface area (Å²) in [4.78, 5) is 7.87. The van der Waals surface area contributed by atoms with E-state index in [1.165, 1.54) is 38.5 Å². The van der Waals surface area contributed by atoms with Crippen molar-refractivity contribution in [2.75, 3.05) is 7.11 Å².